The lowest BCUT2D eigenvalue weighted by molar-refractivity contribution is 0.0545. The number of hydrogen-bond acceptors (Lipinski definition) is 6. The molecule has 0 aromatic heterocycles. The summed E-state index contributed by atoms with van der Waals surface area (Å²) in [5.41, 5.74) is 0.146. The molecule has 8 heteroatoms. The van der Waals surface area contributed by atoms with E-state index in [4.69, 9.17) is 9.47 Å². The van der Waals surface area contributed by atoms with Crippen LogP contribution in [0.1, 0.15) is 52.7 Å². The molecule has 0 saturated heterocycles. The first-order valence-electron chi connectivity index (χ1n) is 8.61. The van der Waals surface area contributed by atoms with E-state index in [9.17, 15) is 14.7 Å². The Morgan fingerprint density at radius 1 is 0.963 bits per heavy atom. The van der Waals surface area contributed by atoms with Gasteiger partial charge in [0.15, 0.2) is 0 Å². The van der Waals surface area contributed by atoms with E-state index < -0.39 is 23.4 Å². The molecule has 0 aliphatic carbocycles. The van der Waals surface area contributed by atoms with Crippen LogP contribution in [0.25, 0.3) is 0 Å². The molecule has 150 valence electrons. The summed E-state index contributed by atoms with van der Waals surface area (Å²) in [6.07, 6.45) is -1.50. The molecule has 1 aromatic carbocycles. The number of rotatable bonds is 3. The third-order valence-electron chi connectivity index (χ3n) is 2.83. The van der Waals surface area contributed by atoms with E-state index >= 15 is 0 Å². The lowest BCUT2D eigenvalue weighted by Crippen LogP contribution is -2.47. The summed E-state index contributed by atoms with van der Waals surface area (Å²) in [5.74, 6) is -0.0899. The fourth-order valence-electron chi connectivity index (χ4n) is 1.91. The number of aliphatic hydroxyl groups excluding tert-OH is 1. The van der Waals surface area contributed by atoms with E-state index in [1.807, 2.05) is 6.07 Å². The minimum atomic E-state index is -0.749. The summed E-state index contributed by atoms with van der Waals surface area (Å²) >= 11 is 0. The van der Waals surface area contributed by atoms with Gasteiger partial charge < -0.3 is 14.6 Å². The molecule has 0 fully saturated rings. The van der Waals surface area contributed by atoms with Crippen LogP contribution in [0.2, 0.25) is 0 Å². The molecule has 2 amide bonds. The SMILES string of the molecule is CC(C)(C)OC(=O)NC(=NCc1cccc(CO)c1)NC(=O)OC(C)(C)C. The maximum atomic E-state index is 12.0. The maximum Gasteiger partial charge on any atom is 0.414 e. The second-order valence-corrected chi connectivity index (χ2v) is 7.90. The Hall–Kier alpha value is -2.61. The Labute approximate surface area is 160 Å². The lowest BCUT2D eigenvalue weighted by atomic mass is 10.1. The van der Waals surface area contributed by atoms with Gasteiger partial charge in [0.2, 0.25) is 5.96 Å². The largest absolute Gasteiger partial charge is 0.444 e. The molecule has 1 rings (SSSR count). The van der Waals surface area contributed by atoms with Gasteiger partial charge in [-0.3, -0.25) is 10.6 Å². The van der Waals surface area contributed by atoms with Crippen molar-refractivity contribution in [3.8, 4) is 0 Å². The zero-order chi connectivity index (χ0) is 20.7. The fourth-order valence-corrected chi connectivity index (χ4v) is 1.91. The summed E-state index contributed by atoms with van der Waals surface area (Å²) in [6, 6.07) is 7.17. The normalized spacial score (nSPS) is 11.4. The molecule has 0 heterocycles. The summed E-state index contributed by atoms with van der Waals surface area (Å²) < 4.78 is 10.4. The molecule has 1 aromatic rings. The number of carbonyl (C=O) groups excluding carboxylic acids is 2. The van der Waals surface area contributed by atoms with Crippen molar-refractivity contribution >= 4 is 18.1 Å². The number of carbonyl (C=O) groups is 2. The van der Waals surface area contributed by atoms with Crippen LogP contribution in [0, 0.1) is 0 Å². The van der Waals surface area contributed by atoms with Crippen molar-refractivity contribution in [2.45, 2.75) is 65.9 Å². The first kappa shape index (κ1) is 22.4. The van der Waals surface area contributed by atoms with Crippen molar-refractivity contribution in [3.05, 3.63) is 35.4 Å². The average molecular weight is 379 g/mol. The maximum absolute atomic E-state index is 12.0. The Kier molecular flexibility index (Phi) is 7.78. The molecular weight excluding hydrogens is 350 g/mol. The highest BCUT2D eigenvalue weighted by atomic mass is 16.6. The van der Waals surface area contributed by atoms with Crippen molar-refractivity contribution in [2.75, 3.05) is 0 Å². The van der Waals surface area contributed by atoms with E-state index in [-0.39, 0.29) is 19.1 Å². The number of ether oxygens (including phenoxy) is 2. The Bertz CT molecular complexity index is 655. The zero-order valence-corrected chi connectivity index (χ0v) is 16.8. The van der Waals surface area contributed by atoms with Gasteiger partial charge in [0.25, 0.3) is 0 Å². The predicted molar refractivity (Wildman–Crippen MR) is 102 cm³/mol. The molecule has 0 aliphatic rings. The molecule has 0 aliphatic heterocycles. The number of aliphatic hydroxyl groups is 1. The van der Waals surface area contributed by atoms with E-state index in [0.29, 0.717) is 0 Å². The van der Waals surface area contributed by atoms with E-state index in [1.165, 1.54) is 0 Å². The molecule has 0 atom stereocenters. The summed E-state index contributed by atoms with van der Waals surface area (Å²) in [4.78, 5) is 28.2. The van der Waals surface area contributed by atoms with Crippen molar-refractivity contribution < 1.29 is 24.2 Å². The molecule has 0 saturated carbocycles. The van der Waals surface area contributed by atoms with E-state index in [0.717, 1.165) is 11.1 Å². The van der Waals surface area contributed by atoms with Crippen LogP contribution >= 0.6 is 0 Å². The van der Waals surface area contributed by atoms with Crippen LogP contribution in [-0.4, -0.2) is 34.5 Å². The van der Waals surface area contributed by atoms with Gasteiger partial charge in [0.1, 0.15) is 11.2 Å². The quantitative estimate of drug-likeness (QED) is 0.552. The molecule has 0 spiro atoms. The second-order valence-electron chi connectivity index (χ2n) is 7.90. The molecule has 3 N–H and O–H groups in total. The third-order valence-corrected chi connectivity index (χ3v) is 2.83. The summed E-state index contributed by atoms with van der Waals surface area (Å²) in [6.45, 7) is 10.5. The van der Waals surface area contributed by atoms with Gasteiger partial charge in [-0.15, -0.1) is 0 Å². The highest BCUT2D eigenvalue weighted by molar-refractivity contribution is 6.01. The van der Waals surface area contributed by atoms with Gasteiger partial charge in [-0.1, -0.05) is 24.3 Å². The predicted octanol–water partition coefficient (Wildman–Crippen LogP) is 3.08. The van der Waals surface area contributed by atoms with Crippen LogP contribution in [0.4, 0.5) is 9.59 Å². The van der Waals surface area contributed by atoms with Crippen LogP contribution < -0.4 is 10.6 Å². The van der Waals surface area contributed by atoms with Crippen LogP contribution in [0.5, 0.6) is 0 Å². The van der Waals surface area contributed by atoms with Gasteiger partial charge >= 0.3 is 12.2 Å². The van der Waals surface area contributed by atoms with Crippen LogP contribution in [-0.2, 0) is 22.6 Å². The topological polar surface area (TPSA) is 109 Å². The van der Waals surface area contributed by atoms with E-state index in [1.54, 1.807) is 59.7 Å². The third kappa shape index (κ3) is 10.2. The minimum Gasteiger partial charge on any atom is -0.444 e. The number of amides is 2. The molecule has 0 bridgehead atoms. The number of aliphatic imine (C=N–C) groups is 1. The minimum absolute atomic E-state index is 0.0866. The van der Waals surface area contributed by atoms with Gasteiger partial charge in [-0.2, -0.15) is 0 Å². The monoisotopic (exact) mass is 379 g/mol. The first-order chi connectivity index (χ1) is 12.4. The number of nitrogens with zero attached hydrogens (tertiary/aromatic N) is 1. The molecule has 0 radical (unpaired) electrons. The van der Waals surface area contributed by atoms with Crippen molar-refractivity contribution in [1.29, 1.82) is 0 Å². The number of nitrogens with one attached hydrogen (secondary N) is 2. The Morgan fingerprint density at radius 3 is 1.89 bits per heavy atom. The van der Waals surface area contributed by atoms with Crippen molar-refractivity contribution in [3.63, 3.8) is 0 Å². The second kappa shape index (κ2) is 9.36. The smallest absolute Gasteiger partial charge is 0.414 e. The molecule has 8 nitrogen and oxygen atoms in total. The summed E-state index contributed by atoms with van der Waals surface area (Å²) in [5, 5.41) is 14.0. The van der Waals surface area contributed by atoms with Crippen LogP contribution in [0.3, 0.4) is 0 Å². The number of hydrogen-bond donors (Lipinski definition) is 3. The van der Waals surface area contributed by atoms with Gasteiger partial charge in [0, 0.05) is 0 Å². The highest BCUT2D eigenvalue weighted by Crippen LogP contribution is 2.09. The Balaban J connectivity index is 2.90. The standard InChI is InChI=1S/C19H29N3O5/c1-18(2,3)26-16(24)21-15(22-17(25)27-19(4,5)6)20-11-13-8-7-9-14(10-13)12-23/h7-10,23H,11-12H2,1-6H3,(H2,20,21,22,24,25). The fraction of sp³-hybridized carbons (Fsp3) is 0.526. The Morgan fingerprint density at radius 2 is 1.44 bits per heavy atom. The summed E-state index contributed by atoms with van der Waals surface area (Å²) in [7, 11) is 0. The molecular formula is C19H29N3O5. The lowest BCUT2D eigenvalue weighted by Gasteiger charge is -2.22. The van der Waals surface area contributed by atoms with Crippen LogP contribution in [0.15, 0.2) is 29.3 Å². The zero-order valence-electron chi connectivity index (χ0n) is 16.8. The highest BCUT2D eigenvalue weighted by Gasteiger charge is 2.21. The molecule has 0 unspecified atom stereocenters. The van der Waals surface area contributed by atoms with Gasteiger partial charge in [-0.25, -0.2) is 14.6 Å². The molecule has 27 heavy (non-hydrogen) atoms. The van der Waals surface area contributed by atoms with Gasteiger partial charge in [-0.05, 0) is 52.7 Å². The number of benzene rings is 1. The van der Waals surface area contributed by atoms with Crippen molar-refractivity contribution in [2.24, 2.45) is 4.99 Å². The average Bonchev–Trinajstić information content (AvgIpc) is 2.49. The van der Waals surface area contributed by atoms with E-state index in [2.05, 4.69) is 15.6 Å². The van der Waals surface area contributed by atoms with Crippen molar-refractivity contribution in [1.82, 2.24) is 10.6 Å². The van der Waals surface area contributed by atoms with Gasteiger partial charge in [0.05, 0.1) is 13.2 Å². The number of guanidine groups is 1. The first-order valence-corrected chi connectivity index (χ1v) is 8.61. The number of alkyl carbamates (subject to hydrolysis) is 2.